The molecule has 0 aromatic heterocycles. The Kier molecular flexibility index (Phi) is 5.61. The van der Waals surface area contributed by atoms with E-state index < -0.39 is 0 Å². The van der Waals surface area contributed by atoms with Gasteiger partial charge in [0, 0.05) is 6.04 Å². The molecule has 0 bridgehead atoms. The quantitative estimate of drug-likeness (QED) is 0.550. The lowest BCUT2D eigenvalue weighted by molar-refractivity contribution is 0.0453. The second-order valence-electron chi connectivity index (χ2n) is 3.90. The van der Waals surface area contributed by atoms with Gasteiger partial charge in [0.15, 0.2) is 0 Å². The molecule has 0 amide bonds. The predicted octanol–water partition coefficient (Wildman–Crippen LogP) is 1.91. The van der Waals surface area contributed by atoms with Gasteiger partial charge in [-0.1, -0.05) is 24.6 Å². The molecule has 1 aliphatic heterocycles. The first-order valence-corrected chi connectivity index (χ1v) is 5.71. The van der Waals surface area contributed by atoms with E-state index in [0.29, 0.717) is 6.04 Å². The highest BCUT2D eigenvalue weighted by molar-refractivity contribution is 5.24. The summed E-state index contributed by atoms with van der Waals surface area (Å²) in [5.41, 5.74) is 1.15. The molecule has 2 unspecified atom stereocenters. The van der Waals surface area contributed by atoms with Crippen LogP contribution in [0.1, 0.15) is 33.1 Å². The zero-order valence-corrected chi connectivity index (χ0v) is 9.70. The van der Waals surface area contributed by atoms with Crippen molar-refractivity contribution >= 4 is 0 Å². The number of hydrogen-bond acceptors (Lipinski definition) is 3. The second-order valence-corrected chi connectivity index (χ2v) is 3.90. The SMILES string of the molecule is C/C=C\C(=C/C)C(ON)C1CCCCN1. The van der Waals surface area contributed by atoms with Crippen LogP contribution >= 0.6 is 0 Å². The number of piperidine rings is 1. The molecule has 3 N–H and O–H groups in total. The maximum atomic E-state index is 5.40. The maximum Gasteiger partial charge on any atom is 0.119 e. The van der Waals surface area contributed by atoms with Crippen LogP contribution in [-0.2, 0) is 4.84 Å². The number of nitrogens with one attached hydrogen (secondary N) is 1. The van der Waals surface area contributed by atoms with Crippen molar-refractivity contribution in [1.29, 1.82) is 0 Å². The van der Waals surface area contributed by atoms with Gasteiger partial charge in [-0.15, -0.1) is 0 Å². The van der Waals surface area contributed by atoms with E-state index in [2.05, 4.69) is 17.5 Å². The van der Waals surface area contributed by atoms with E-state index in [4.69, 9.17) is 10.7 Å². The van der Waals surface area contributed by atoms with Crippen LogP contribution in [0.5, 0.6) is 0 Å². The van der Waals surface area contributed by atoms with E-state index in [-0.39, 0.29) is 6.10 Å². The molecule has 1 heterocycles. The smallest absolute Gasteiger partial charge is 0.119 e. The largest absolute Gasteiger partial charge is 0.311 e. The fraction of sp³-hybridized carbons (Fsp3) is 0.667. The summed E-state index contributed by atoms with van der Waals surface area (Å²) in [4.78, 5) is 5.11. The zero-order valence-electron chi connectivity index (χ0n) is 9.70. The van der Waals surface area contributed by atoms with Crippen LogP contribution in [0.4, 0.5) is 0 Å². The third-order valence-electron chi connectivity index (χ3n) is 2.88. The minimum Gasteiger partial charge on any atom is -0.311 e. The molecule has 0 aliphatic carbocycles. The van der Waals surface area contributed by atoms with Crippen molar-refractivity contribution in [2.75, 3.05) is 6.54 Å². The Morgan fingerprint density at radius 2 is 2.27 bits per heavy atom. The molecular formula is C12H22N2O. The van der Waals surface area contributed by atoms with Gasteiger partial charge in [0.05, 0.1) is 0 Å². The average molecular weight is 210 g/mol. The molecule has 15 heavy (non-hydrogen) atoms. The van der Waals surface area contributed by atoms with Gasteiger partial charge in [0.25, 0.3) is 0 Å². The molecule has 0 aromatic rings. The Morgan fingerprint density at radius 3 is 2.73 bits per heavy atom. The van der Waals surface area contributed by atoms with Gasteiger partial charge in [-0.25, -0.2) is 5.90 Å². The minimum atomic E-state index is -0.0218. The highest BCUT2D eigenvalue weighted by Crippen LogP contribution is 2.18. The molecule has 86 valence electrons. The molecule has 2 atom stereocenters. The standard InChI is InChI=1S/C12H22N2O/c1-3-7-10(4-2)12(15-13)11-8-5-6-9-14-11/h3-4,7,11-12,14H,5-6,8-9,13H2,1-2H3/b7-3-,10-4+. The normalized spacial score (nSPS) is 25.8. The summed E-state index contributed by atoms with van der Waals surface area (Å²) in [5, 5.41) is 3.46. The van der Waals surface area contributed by atoms with Gasteiger partial charge in [0.1, 0.15) is 6.10 Å². The number of nitrogens with two attached hydrogens (primary N) is 1. The summed E-state index contributed by atoms with van der Waals surface area (Å²) < 4.78 is 0. The Bertz CT molecular complexity index is 230. The van der Waals surface area contributed by atoms with E-state index in [1.165, 1.54) is 12.8 Å². The third kappa shape index (κ3) is 3.45. The Balaban J connectivity index is 2.67. The van der Waals surface area contributed by atoms with Crippen molar-refractivity contribution in [3.05, 3.63) is 23.8 Å². The molecule has 3 heteroatoms. The zero-order chi connectivity index (χ0) is 11.1. The Labute approximate surface area is 92.3 Å². The monoisotopic (exact) mass is 210 g/mol. The van der Waals surface area contributed by atoms with Crippen LogP contribution in [0.3, 0.4) is 0 Å². The van der Waals surface area contributed by atoms with E-state index in [0.717, 1.165) is 18.5 Å². The van der Waals surface area contributed by atoms with Crippen LogP contribution in [0.15, 0.2) is 23.8 Å². The molecule has 0 radical (unpaired) electrons. The first-order valence-electron chi connectivity index (χ1n) is 5.71. The van der Waals surface area contributed by atoms with Crippen molar-refractivity contribution in [2.24, 2.45) is 5.90 Å². The van der Waals surface area contributed by atoms with Crippen LogP contribution in [0, 0.1) is 0 Å². The van der Waals surface area contributed by atoms with Crippen LogP contribution in [0.25, 0.3) is 0 Å². The Morgan fingerprint density at radius 1 is 1.47 bits per heavy atom. The van der Waals surface area contributed by atoms with Crippen molar-refractivity contribution < 1.29 is 4.84 Å². The van der Waals surface area contributed by atoms with E-state index in [9.17, 15) is 0 Å². The van der Waals surface area contributed by atoms with Crippen LogP contribution < -0.4 is 11.2 Å². The maximum absolute atomic E-state index is 5.40. The molecule has 0 saturated carbocycles. The molecule has 1 fully saturated rings. The highest BCUT2D eigenvalue weighted by Gasteiger charge is 2.25. The van der Waals surface area contributed by atoms with Gasteiger partial charge in [-0.2, -0.15) is 0 Å². The minimum absolute atomic E-state index is 0.0218. The lowest BCUT2D eigenvalue weighted by Crippen LogP contribution is -2.46. The summed E-state index contributed by atoms with van der Waals surface area (Å²) in [5.74, 6) is 5.40. The van der Waals surface area contributed by atoms with Crippen molar-refractivity contribution in [1.82, 2.24) is 5.32 Å². The fourth-order valence-electron chi connectivity index (χ4n) is 2.09. The predicted molar refractivity (Wildman–Crippen MR) is 63.3 cm³/mol. The summed E-state index contributed by atoms with van der Waals surface area (Å²) >= 11 is 0. The average Bonchev–Trinajstić information content (AvgIpc) is 2.30. The molecule has 0 aromatic carbocycles. The number of allylic oxidation sites excluding steroid dienone is 2. The molecule has 3 nitrogen and oxygen atoms in total. The fourth-order valence-corrected chi connectivity index (χ4v) is 2.09. The van der Waals surface area contributed by atoms with Gasteiger partial charge in [0.2, 0.25) is 0 Å². The van der Waals surface area contributed by atoms with E-state index in [1.54, 1.807) is 0 Å². The molecule has 0 spiro atoms. The third-order valence-corrected chi connectivity index (χ3v) is 2.88. The topological polar surface area (TPSA) is 47.3 Å². The second kappa shape index (κ2) is 6.77. The molecule has 1 rings (SSSR count). The first kappa shape index (κ1) is 12.4. The Hall–Kier alpha value is -0.640. The summed E-state index contributed by atoms with van der Waals surface area (Å²) in [6.07, 6.45) is 9.77. The lowest BCUT2D eigenvalue weighted by Gasteiger charge is -2.30. The lowest BCUT2D eigenvalue weighted by atomic mass is 9.94. The number of rotatable bonds is 4. The van der Waals surface area contributed by atoms with Crippen molar-refractivity contribution in [3.63, 3.8) is 0 Å². The number of hydrogen-bond donors (Lipinski definition) is 2. The van der Waals surface area contributed by atoms with Gasteiger partial charge in [-0.05, 0) is 38.8 Å². The molecule has 1 aliphatic rings. The van der Waals surface area contributed by atoms with Crippen molar-refractivity contribution in [2.45, 2.75) is 45.3 Å². The molecule has 1 saturated heterocycles. The summed E-state index contributed by atoms with van der Waals surface area (Å²) in [7, 11) is 0. The summed E-state index contributed by atoms with van der Waals surface area (Å²) in [6.45, 7) is 5.09. The van der Waals surface area contributed by atoms with E-state index in [1.807, 2.05) is 19.9 Å². The first-order chi connectivity index (χ1) is 7.33. The van der Waals surface area contributed by atoms with Crippen LogP contribution in [-0.4, -0.2) is 18.7 Å². The van der Waals surface area contributed by atoms with Gasteiger partial charge in [-0.3, -0.25) is 4.84 Å². The van der Waals surface area contributed by atoms with Gasteiger partial charge >= 0.3 is 0 Å². The van der Waals surface area contributed by atoms with E-state index >= 15 is 0 Å². The van der Waals surface area contributed by atoms with Gasteiger partial charge < -0.3 is 5.32 Å². The van der Waals surface area contributed by atoms with Crippen LogP contribution in [0.2, 0.25) is 0 Å². The van der Waals surface area contributed by atoms with Crippen molar-refractivity contribution in [3.8, 4) is 0 Å². The molecular weight excluding hydrogens is 188 g/mol. The highest BCUT2D eigenvalue weighted by atomic mass is 16.6. The summed E-state index contributed by atoms with van der Waals surface area (Å²) in [6, 6.07) is 0.353.